The van der Waals surface area contributed by atoms with Crippen molar-refractivity contribution in [1.82, 2.24) is 10.2 Å². The second kappa shape index (κ2) is 6.17. The summed E-state index contributed by atoms with van der Waals surface area (Å²) in [6, 6.07) is 6.16. The fourth-order valence-electron chi connectivity index (χ4n) is 2.39. The van der Waals surface area contributed by atoms with Gasteiger partial charge in [-0.2, -0.15) is 8.78 Å². The third-order valence-corrected chi connectivity index (χ3v) is 3.39. The minimum Gasteiger partial charge on any atom is -0.435 e. The average Bonchev–Trinajstić information content (AvgIpc) is 2.68. The fourth-order valence-corrected chi connectivity index (χ4v) is 2.39. The second-order valence-electron chi connectivity index (χ2n) is 4.81. The van der Waals surface area contributed by atoms with Gasteiger partial charge in [-0.15, -0.1) is 0 Å². The van der Waals surface area contributed by atoms with E-state index in [9.17, 15) is 13.6 Å². The molecule has 0 aromatic heterocycles. The van der Waals surface area contributed by atoms with Crippen molar-refractivity contribution >= 4 is 5.91 Å². The molecule has 1 aliphatic heterocycles. The first-order chi connectivity index (χ1) is 9.52. The molecule has 1 aliphatic rings. The van der Waals surface area contributed by atoms with E-state index >= 15 is 0 Å². The Morgan fingerprint density at radius 2 is 2.00 bits per heavy atom. The number of hydrogen-bond acceptors (Lipinski definition) is 3. The van der Waals surface area contributed by atoms with Crippen LogP contribution in [0.3, 0.4) is 0 Å². The summed E-state index contributed by atoms with van der Waals surface area (Å²) in [4.78, 5) is 13.7. The fraction of sp³-hybridized carbons (Fsp3) is 0.500. The molecule has 6 heteroatoms. The van der Waals surface area contributed by atoms with Gasteiger partial charge in [-0.3, -0.25) is 10.1 Å². The molecule has 1 saturated heterocycles. The van der Waals surface area contributed by atoms with Gasteiger partial charge in [0.1, 0.15) is 11.9 Å². The lowest BCUT2D eigenvalue weighted by atomic mass is 10.1. The Morgan fingerprint density at radius 3 is 2.55 bits per heavy atom. The zero-order valence-corrected chi connectivity index (χ0v) is 11.5. The SMILES string of the molecule is CCCC1NC(c2ccc(OC(F)F)cc2)N(C)C1=O. The Morgan fingerprint density at radius 1 is 1.35 bits per heavy atom. The first-order valence-electron chi connectivity index (χ1n) is 6.60. The van der Waals surface area contributed by atoms with E-state index < -0.39 is 6.61 Å². The van der Waals surface area contributed by atoms with Gasteiger partial charge in [0.25, 0.3) is 0 Å². The minimum absolute atomic E-state index is 0.0600. The normalized spacial score (nSPS) is 22.6. The third-order valence-electron chi connectivity index (χ3n) is 3.39. The number of ether oxygens (including phenoxy) is 1. The Labute approximate surface area is 116 Å². The van der Waals surface area contributed by atoms with Gasteiger partial charge in [0, 0.05) is 7.05 Å². The van der Waals surface area contributed by atoms with Crippen LogP contribution in [0.4, 0.5) is 8.78 Å². The smallest absolute Gasteiger partial charge is 0.387 e. The van der Waals surface area contributed by atoms with Crippen molar-refractivity contribution in [2.45, 2.75) is 38.6 Å². The number of likely N-dealkylation sites (N-methyl/N-ethyl adjacent to an activating group) is 1. The molecule has 2 rings (SSSR count). The number of hydrogen-bond donors (Lipinski definition) is 1. The molecular formula is C14H18F2N2O2. The lowest BCUT2D eigenvalue weighted by molar-refractivity contribution is -0.128. The van der Waals surface area contributed by atoms with Crippen LogP contribution in [0, 0.1) is 0 Å². The van der Waals surface area contributed by atoms with E-state index in [-0.39, 0.29) is 23.9 Å². The Hall–Kier alpha value is -1.69. The molecule has 2 atom stereocenters. The summed E-state index contributed by atoms with van der Waals surface area (Å²) in [7, 11) is 1.74. The third kappa shape index (κ3) is 3.07. The van der Waals surface area contributed by atoms with Crippen LogP contribution < -0.4 is 10.1 Å². The Kier molecular flexibility index (Phi) is 4.54. The van der Waals surface area contributed by atoms with E-state index in [1.165, 1.54) is 12.1 Å². The van der Waals surface area contributed by atoms with Gasteiger partial charge in [0.2, 0.25) is 5.91 Å². The molecule has 0 aliphatic carbocycles. The Bertz CT molecular complexity index is 465. The number of benzene rings is 1. The quantitative estimate of drug-likeness (QED) is 0.903. The molecule has 1 aromatic carbocycles. The van der Waals surface area contributed by atoms with Crippen molar-refractivity contribution < 1.29 is 18.3 Å². The van der Waals surface area contributed by atoms with E-state index in [1.54, 1.807) is 24.1 Å². The summed E-state index contributed by atoms with van der Waals surface area (Å²) < 4.78 is 28.5. The average molecular weight is 284 g/mol. The van der Waals surface area contributed by atoms with Gasteiger partial charge in [-0.05, 0) is 24.1 Å². The monoisotopic (exact) mass is 284 g/mol. The van der Waals surface area contributed by atoms with Crippen LogP contribution in [0.5, 0.6) is 5.75 Å². The maximum atomic E-state index is 12.1. The summed E-state index contributed by atoms with van der Waals surface area (Å²) in [5, 5.41) is 3.26. The minimum atomic E-state index is -2.83. The van der Waals surface area contributed by atoms with Crippen LogP contribution in [-0.4, -0.2) is 30.5 Å². The first kappa shape index (κ1) is 14.7. The molecule has 1 aromatic rings. The molecule has 1 amide bonds. The maximum Gasteiger partial charge on any atom is 0.387 e. The van der Waals surface area contributed by atoms with E-state index in [0.717, 1.165) is 18.4 Å². The lowest BCUT2D eigenvalue weighted by Crippen LogP contribution is -2.28. The highest BCUT2D eigenvalue weighted by Gasteiger charge is 2.36. The molecule has 1 N–H and O–H groups in total. The highest BCUT2D eigenvalue weighted by atomic mass is 19.3. The van der Waals surface area contributed by atoms with Crippen LogP contribution in [0.25, 0.3) is 0 Å². The molecule has 0 radical (unpaired) electrons. The van der Waals surface area contributed by atoms with Crippen LogP contribution in [0.1, 0.15) is 31.5 Å². The van der Waals surface area contributed by atoms with Crippen molar-refractivity contribution in [2.75, 3.05) is 7.05 Å². The van der Waals surface area contributed by atoms with Gasteiger partial charge in [-0.25, -0.2) is 0 Å². The van der Waals surface area contributed by atoms with Crippen LogP contribution >= 0.6 is 0 Å². The van der Waals surface area contributed by atoms with Crippen LogP contribution in [0.15, 0.2) is 24.3 Å². The van der Waals surface area contributed by atoms with Crippen LogP contribution in [-0.2, 0) is 4.79 Å². The summed E-state index contributed by atoms with van der Waals surface area (Å²) in [5.74, 6) is 0.172. The molecule has 1 heterocycles. The van der Waals surface area contributed by atoms with Crippen molar-refractivity contribution in [1.29, 1.82) is 0 Å². The number of carbonyl (C=O) groups excluding carboxylic acids is 1. The molecule has 2 unspecified atom stereocenters. The molecule has 0 spiro atoms. The molecule has 0 bridgehead atoms. The number of halogens is 2. The predicted molar refractivity (Wildman–Crippen MR) is 70.4 cm³/mol. The van der Waals surface area contributed by atoms with Crippen LogP contribution in [0.2, 0.25) is 0 Å². The molecule has 110 valence electrons. The predicted octanol–water partition coefficient (Wildman–Crippen LogP) is 2.52. The zero-order valence-electron chi connectivity index (χ0n) is 11.5. The van der Waals surface area contributed by atoms with Gasteiger partial charge >= 0.3 is 6.61 Å². The number of amides is 1. The second-order valence-corrected chi connectivity index (χ2v) is 4.81. The number of carbonyl (C=O) groups is 1. The largest absolute Gasteiger partial charge is 0.435 e. The standard InChI is InChI=1S/C14H18F2N2O2/c1-3-4-11-13(19)18(2)12(17-11)9-5-7-10(8-6-9)20-14(15)16/h5-8,11-12,14,17H,3-4H2,1-2H3. The van der Waals surface area contributed by atoms with Gasteiger partial charge in [-0.1, -0.05) is 25.5 Å². The first-order valence-corrected chi connectivity index (χ1v) is 6.60. The summed E-state index contributed by atoms with van der Waals surface area (Å²) in [6.45, 7) is -0.803. The van der Waals surface area contributed by atoms with Gasteiger partial charge in [0.15, 0.2) is 0 Å². The lowest BCUT2D eigenvalue weighted by Gasteiger charge is -2.20. The topological polar surface area (TPSA) is 41.6 Å². The molecule has 4 nitrogen and oxygen atoms in total. The van der Waals surface area contributed by atoms with Crippen molar-refractivity contribution in [3.05, 3.63) is 29.8 Å². The van der Waals surface area contributed by atoms with Gasteiger partial charge in [0.05, 0.1) is 6.04 Å². The molecular weight excluding hydrogens is 266 g/mol. The Balaban J connectivity index is 2.10. The number of rotatable bonds is 5. The van der Waals surface area contributed by atoms with E-state index in [4.69, 9.17) is 0 Å². The van der Waals surface area contributed by atoms with Crippen molar-refractivity contribution in [3.8, 4) is 5.75 Å². The number of nitrogens with one attached hydrogen (secondary N) is 1. The maximum absolute atomic E-state index is 12.1. The number of nitrogens with zero attached hydrogens (tertiary/aromatic N) is 1. The van der Waals surface area contributed by atoms with E-state index in [2.05, 4.69) is 10.1 Å². The van der Waals surface area contributed by atoms with Crippen molar-refractivity contribution in [2.24, 2.45) is 0 Å². The molecule has 1 fully saturated rings. The molecule has 20 heavy (non-hydrogen) atoms. The van der Waals surface area contributed by atoms with Gasteiger partial charge < -0.3 is 9.64 Å². The number of alkyl halides is 2. The summed E-state index contributed by atoms with van der Waals surface area (Å²) in [5.41, 5.74) is 0.848. The highest BCUT2D eigenvalue weighted by molar-refractivity contribution is 5.84. The van der Waals surface area contributed by atoms with E-state index in [0.29, 0.717) is 0 Å². The zero-order chi connectivity index (χ0) is 14.7. The molecule has 0 saturated carbocycles. The van der Waals surface area contributed by atoms with E-state index in [1.807, 2.05) is 6.92 Å². The highest BCUT2D eigenvalue weighted by Crippen LogP contribution is 2.27. The van der Waals surface area contributed by atoms with Crippen molar-refractivity contribution in [3.63, 3.8) is 0 Å². The summed E-state index contributed by atoms with van der Waals surface area (Å²) >= 11 is 0. The summed E-state index contributed by atoms with van der Waals surface area (Å²) in [6.07, 6.45) is 1.48.